The summed E-state index contributed by atoms with van der Waals surface area (Å²) in [6, 6.07) is 0. The van der Waals surface area contributed by atoms with Gasteiger partial charge in [0.25, 0.3) is 0 Å². The Morgan fingerprint density at radius 1 is 1.67 bits per heavy atom. The Kier molecular flexibility index (Phi) is 2.93. The summed E-state index contributed by atoms with van der Waals surface area (Å²) in [6.07, 6.45) is 1.13. The lowest BCUT2D eigenvalue weighted by molar-refractivity contribution is 0.505. The fraction of sp³-hybridized carbons (Fsp3) is 0.333. The summed E-state index contributed by atoms with van der Waals surface area (Å²) in [4.78, 5) is 0. The van der Waals surface area contributed by atoms with E-state index in [1.165, 1.54) is 0 Å². The van der Waals surface area contributed by atoms with Crippen LogP contribution in [0.25, 0.3) is 0 Å². The second kappa shape index (κ2) is 3.02. The first kappa shape index (κ1) is 5.82. The minimum atomic E-state index is -1.02. The molecule has 6 heavy (non-hydrogen) atoms. The van der Waals surface area contributed by atoms with Gasteiger partial charge in [-0.25, -0.2) is 8.78 Å². The molecule has 0 rings (SSSR count). The Morgan fingerprint density at radius 3 is 2.17 bits per heavy atom. The number of allylic oxidation sites excluding steroid dienone is 1. The zero-order valence-corrected chi connectivity index (χ0v) is 5.49. The van der Waals surface area contributed by atoms with Crippen LogP contribution in [0, 0.1) is 0 Å². The molecule has 0 amide bonds. The third-order valence-electron chi connectivity index (χ3n) is 0.338. The number of rotatable bonds is 1. The first-order valence-electron chi connectivity index (χ1n) is 1.68. The van der Waals surface area contributed by atoms with Crippen molar-refractivity contribution in [1.82, 2.24) is 0 Å². The average molecular weight is 108 g/mol. The number of halogens is 2. The second-order valence-corrected chi connectivity index (χ2v) is 2.10. The van der Waals surface area contributed by atoms with Gasteiger partial charge in [0.2, 0.25) is 0 Å². The third kappa shape index (κ3) is 3.82. The summed E-state index contributed by atoms with van der Waals surface area (Å²) in [7, 11) is 0.385. The van der Waals surface area contributed by atoms with Gasteiger partial charge in [0, 0.05) is 0 Å². The summed E-state index contributed by atoms with van der Waals surface area (Å²) >= 11 is 0. The topological polar surface area (TPSA) is 0 Å². The molecule has 0 N–H and O–H groups in total. The van der Waals surface area contributed by atoms with Crippen LogP contribution >= 0.6 is 0 Å². The lowest BCUT2D eigenvalue weighted by atomic mass is 10.7. The highest BCUT2D eigenvalue weighted by Crippen LogP contribution is 1.83. The molecule has 0 heterocycles. The molecule has 0 saturated heterocycles. The maximum atomic E-state index is 11.4. The van der Waals surface area contributed by atoms with Crippen LogP contribution in [0.1, 0.15) is 0 Å². The molecule has 0 saturated carbocycles. The van der Waals surface area contributed by atoms with E-state index in [4.69, 9.17) is 0 Å². The van der Waals surface area contributed by atoms with E-state index in [0.717, 1.165) is 6.08 Å². The van der Waals surface area contributed by atoms with Crippen LogP contribution in [-0.2, 0) is 0 Å². The molecule has 0 fully saturated rings. The molecule has 0 aromatic carbocycles. The van der Waals surface area contributed by atoms with E-state index < -0.39 is 5.79 Å². The zero-order chi connectivity index (χ0) is 4.99. The standard InChI is InChI=1S/C3H6F2Si/c4-2-1-3(5)6/h1-3H,6H3. The number of hydrogen-bond donors (Lipinski definition) is 0. The fourth-order valence-electron chi connectivity index (χ4n) is 0.100. The molecule has 0 bridgehead atoms. The highest BCUT2D eigenvalue weighted by Gasteiger charge is 1.83. The molecule has 0 aliphatic carbocycles. The molecule has 0 aliphatic heterocycles. The Morgan fingerprint density at radius 2 is 2.17 bits per heavy atom. The minimum absolute atomic E-state index is 0.234. The van der Waals surface area contributed by atoms with Crippen LogP contribution < -0.4 is 0 Å². The molecule has 0 radical (unpaired) electrons. The first-order valence-corrected chi connectivity index (χ1v) is 2.84. The van der Waals surface area contributed by atoms with Gasteiger partial charge in [-0.05, 0) is 6.08 Å². The van der Waals surface area contributed by atoms with Gasteiger partial charge >= 0.3 is 0 Å². The minimum Gasteiger partial charge on any atom is -0.248 e. The monoisotopic (exact) mass is 108 g/mol. The smallest absolute Gasteiger partial charge is 0.0993 e. The first-order chi connectivity index (χ1) is 2.77. The van der Waals surface area contributed by atoms with Crippen molar-refractivity contribution in [2.75, 3.05) is 0 Å². The quantitative estimate of drug-likeness (QED) is 0.419. The normalized spacial score (nSPS) is 16.3. The Bertz CT molecular complexity index is 50.8. The van der Waals surface area contributed by atoms with Gasteiger partial charge in [0.1, 0.15) is 0 Å². The molecule has 36 valence electrons. The number of alkyl halides is 1. The molecular weight excluding hydrogens is 102 g/mol. The molecule has 1 atom stereocenters. The summed E-state index contributed by atoms with van der Waals surface area (Å²) in [5.41, 5.74) is 0. The van der Waals surface area contributed by atoms with Crippen molar-refractivity contribution in [3.63, 3.8) is 0 Å². The predicted octanol–water partition coefficient (Wildman–Crippen LogP) is 0.131. The van der Waals surface area contributed by atoms with Gasteiger partial charge in [-0.2, -0.15) is 0 Å². The van der Waals surface area contributed by atoms with E-state index in [1.807, 2.05) is 0 Å². The van der Waals surface area contributed by atoms with E-state index in [-0.39, 0.29) is 6.33 Å². The van der Waals surface area contributed by atoms with Crippen molar-refractivity contribution in [2.24, 2.45) is 0 Å². The maximum Gasteiger partial charge on any atom is 0.0993 e. The Labute approximate surface area is 38.3 Å². The van der Waals surface area contributed by atoms with Crippen molar-refractivity contribution in [3.05, 3.63) is 12.4 Å². The average Bonchev–Trinajstić information content (AvgIpc) is 1.35. The Balaban J connectivity index is 3.03. The SMILES string of the molecule is FC=CC(F)[SiH3]. The number of hydrogen-bond acceptors (Lipinski definition) is 0. The van der Waals surface area contributed by atoms with Crippen LogP contribution in [-0.4, -0.2) is 16.0 Å². The van der Waals surface area contributed by atoms with Crippen LogP contribution in [0.2, 0.25) is 0 Å². The van der Waals surface area contributed by atoms with Gasteiger partial charge in [0.05, 0.1) is 22.4 Å². The largest absolute Gasteiger partial charge is 0.248 e. The van der Waals surface area contributed by atoms with Crippen LogP contribution in [0.15, 0.2) is 12.4 Å². The maximum absolute atomic E-state index is 11.4. The van der Waals surface area contributed by atoms with E-state index >= 15 is 0 Å². The molecule has 0 aliphatic rings. The molecule has 0 aromatic heterocycles. The van der Waals surface area contributed by atoms with Crippen LogP contribution in [0.4, 0.5) is 8.78 Å². The lowest BCUT2D eigenvalue weighted by Gasteiger charge is -1.80. The highest BCUT2D eigenvalue weighted by atomic mass is 28.1. The van der Waals surface area contributed by atoms with Gasteiger partial charge < -0.3 is 0 Å². The van der Waals surface area contributed by atoms with Crippen molar-refractivity contribution < 1.29 is 8.78 Å². The van der Waals surface area contributed by atoms with Crippen LogP contribution in [0.3, 0.4) is 0 Å². The van der Waals surface area contributed by atoms with E-state index in [1.54, 1.807) is 0 Å². The highest BCUT2D eigenvalue weighted by molar-refractivity contribution is 6.12. The molecule has 0 spiro atoms. The molecule has 0 nitrogen and oxygen atoms in total. The third-order valence-corrected chi connectivity index (χ3v) is 0.723. The van der Waals surface area contributed by atoms with Gasteiger partial charge in [-0.3, -0.25) is 0 Å². The lowest BCUT2D eigenvalue weighted by Crippen LogP contribution is -1.88. The molecule has 0 aromatic rings. The van der Waals surface area contributed by atoms with Crippen molar-refractivity contribution >= 4 is 10.2 Å². The Hall–Kier alpha value is -0.183. The van der Waals surface area contributed by atoms with Crippen molar-refractivity contribution in [1.29, 1.82) is 0 Å². The van der Waals surface area contributed by atoms with E-state index in [2.05, 4.69) is 0 Å². The summed E-state index contributed by atoms with van der Waals surface area (Å²) in [6.45, 7) is 0. The second-order valence-electron chi connectivity index (χ2n) is 0.996. The molecule has 3 heteroatoms. The summed E-state index contributed by atoms with van der Waals surface area (Å²) in [5, 5.41) is 0. The van der Waals surface area contributed by atoms with Crippen molar-refractivity contribution in [2.45, 2.75) is 5.79 Å². The van der Waals surface area contributed by atoms with Crippen molar-refractivity contribution in [3.8, 4) is 0 Å². The molecule has 1 unspecified atom stereocenters. The fourth-order valence-corrected chi connectivity index (χ4v) is 0.246. The summed E-state index contributed by atoms with van der Waals surface area (Å²) < 4.78 is 22.3. The molecular formula is C3H6F2Si. The zero-order valence-electron chi connectivity index (χ0n) is 3.49. The summed E-state index contributed by atoms with van der Waals surface area (Å²) in [5.74, 6) is -1.02. The van der Waals surface area contributed by atoms with E-state index in [9.17, 15) is 8.78 Å². The van der Waals surface area contributed by atoms with Crippen LogP contribution in [0.5, 0.6) is 0 Å². The predicted molar refractivity (Wildman–Crippen MR) is 25.1 cm³/mol. The van der Waals surface area contributed by atoms with Gasteiger partial charge in [-0.15, -0.1) is 0 Å². The van der Waals surface area contributed by atoms with Gasteiger partial charge in [0.15, 0.2) is 0 Å². The van der Waals surface area contributed by atoms with Gasteiger partial charge in [-0.1, -0.05) is 0 Å². The van der Waals surface area contributed by atoms with E-state index in [0.29, 0.717) is 10.2 Å².